The molecule has 3 aromatic rings. The third kappa shape index (κ3) is 4.93. The molecule has 0 unspecified atom stereocenters. The molecule has 0 bridgehead atoms. The number of hydrogen-bond acceptors (Lipinski definition) is 5. The number of rotatable bonds is 7. The molecule has 1 heterocycles. The van der Waals surface area contributed by atoms with Gasteiger partial charge in [-0.05, 0) is 43.3 Å². The van der Waals surface area contributed by atoms with Crippen LogP contribution in [0, 0.1) is 0 Å². The number of para-hydroxylation sites is 1. The van der Waals surface area contributed by atoms with Crippen molar-refractivity contribution in [1.82, 2.24) is 14.8 Å². The molecule has 0 spiro atoms. The fourth-order valence-electron chi connectivity index (χ4n) is 2.79. The first-order chi connectivity index (χ1) is 14.3. The van der Waals surface area contributed by atoms with Crippen molar-refractivity contribution in [3.8, 4) is 17.1 Å². The van der Waals surface area contributed by atoms with Crippen LogP contribution in [0.25, 0.3) is 11.4 Å². The van der Waals surface area contributed by atoms with Gasteiger partial charge in [-0.2, -0.15) is 13.2 Å². The lowest BCUT2D eigenvalue weighted by atomic mass is 10.1. The monoisotopic (exact) mass is 436 g/mol. The molecule has 0 aliphatic rings. The number of methoxy groups -OCH3 is 1. The maximum absolute atomic E-state index is 13.1. The zero-order valence-corrected chi connectivity index (χ0v) is 17.0. The molecule has 10 heteroatoms. The van der Waals surface area contributed by atoms with Crippen molar-refractivity contribution in [2.45, 2.75) is 24.8 Å². The molecule has 6 nitrogen and oxygen atoms in total. The number of nitrogens with zero attached hydrogens (tertiary/aromatic N) is 3. The van der Waals surface area contributed by atoms with Gasteiger partial charge in [-0.25, -0.2) is 0 Å². The summed E-state index contributed by atoms with van der Waals surface area (Å²) in [5.41, 5.74) is -0.325. The molecule has 0 saturated heterocycles. The number of aromatic nitrogens is 3. The Bertz CT molecular complexity index is 1020. The van der Waals surface area contributed by atoms with E-state index in [0.29, 0.717) is 23.3 Å². The average molecular weight is 436 g/mol. The molecule has 0 radical (unpaired) electrons. The number of ether oxygens (including phenoxy) is 1. The Morgan fingerprint density at radius 1 is 1.13 bits per heavy atom. The van der Waals surface area contributed by atoms with E-state index in [0.717, 1.165) is 23.4 Å². The van der Waals surface area contributed by atoms with Crippen LogP contribution in [-0.4, -0.2) is 33.5 Å². The zero-order valence-electron chi connectivity index (χ0n) is 16.2. The van der Waals surface area contributed by atoms with E-state index < -0.39 is 17.6 Å². The Morgan fingerprint density at radius 2 is 1.83 bits per heavy atom. The van der Waals surface area contributed by atoms with Crippen LogP contribution in [0.15, 0.2) is 53.7 Å². The van der Waals surface area contributed by atoms with Crippen molar-refractivity contribution in [3.05, 3.63) is 54.1 Å². The van der Waals surface area contributed by atoms with Gasteiger partial charge in [0, 0.05) is 12.1 Å². The maximum atomic E-state index is 13.1. The summed E-state index contributed by atoms with van der Waals surface area (Å²) in [6.45, 7) is 2.48. The van der Waals surface area contributed by atoms with Gasteiger partial charge in [-0.1, -0.05) is 23.9 Å². The highest BCUT2D eigenvalue weighted by atomic mass is 32.2. The van der Waals surface area contributed by atoms with Crippen molar-refractivity contribution < 1.29 is 22.7 Å². The van der Waals surface area contributed by atoms with Crippen LogP contribution in [0.5, 0.6) is 5.75 Å². The molecule has 0 saturated carbocycles. The topological polar surface area (TPSA) is 69.0 Å². The summed E-state index contributed by atoms with van der Waals surface area (Å²) in [7, 11) is 1.58. The number of hydrogen-bond donors (Lipinski definition) is 1. The molecular weight excluding hydrogens is 417 g/mol. The second-order valence-corrected chi connectivity index (χ2v) is 7.10. The predicted octanol–water partition coefficient (Wildman–Crippen LogP) is 4.72. The lowest BCUT2D eigenvalue weighted by Gasteiger charge is -2.13. The average Bonchev–Trinajstić information content (AvgIpc) is 3.15. The molecule has 3 rings (SSSR count). The first-order valence-corrected chi connectivity index (χ1v) is 9.98. The summed E-state index contributed by atoms with van der Waals surface area (Å²) in [5, 5.41) is 11.1. The fourth-order valence-corrected chi connectivity index (χ4v) is 3.59. The summed E-state index contributed by atoms with van der Waals surface area (Å²) in [5.74, 6) is 0.679. The number of carbonyl (C=O) groups is 1. The molecule has 158 valence electrons. The van der Waals surface area contributed by atoms with E-state index >= 15 is 0 Å². The SMILES string of the molecule is CCn1c(SCC(=O)Nc2ccccc2C(F)(F)F)nnc1-c1ccc(OC)cc1. The molecule has 30 heavy (non-hydrogen) atoms. The minimum absolute atomic E-state index is 0.104. The molecule has 1 amide bonds. The van der Waals surface area contributed by atoms with Crippen LogP contribution in [0.4, 0.5) is 18.9 Å². The molecule has 0 aliphatic carbocycles. The van der Waals surface area contributed by atoms with Crippen LogP contribution >= 0.6 is 11.8 Å². The van der Waals surface area contributed by atoms with E-state index in [9.17, 15) is 18.0 Å². The quantitative estimate of drug-likeness (QED) is 0.543. The first kappa shape index (κ1) is 21.7. The smallest absolute Gasteiger partial charge is 0.418 e. The highest BCUT2D eigenvalue weighted by Gasteiger charge is 2.33. The number of anilines is 1. The highest BCUT2D eigenvalue weighted by Crippen LogP contribution is 2.34. The van der Waals surface area contributed by atoms with E-state index in [1.807, 2.05) is 35.8 Å². The second-order valence-electron chi connectivity index (χ2n) is 6.16. The van der Waals surface area contributed by atoms with Gasteiger partial charge in [0.05, 0.1) is 24.1 Å². The van der Waals surface area contributed by atoms with Crippen LogP contribution in [0.2, 0.25) is 0 Å². The highest BCUT2D eigenvalue weighted by molar-refractivity contribution is 7.99. The zero-order chi connectivity index (χ0) is 21.7. The largest absolute Gasteiger partial charge is 0.497 e. The van der Waals surface area contributed by atoms with Gasteiger partial charge in [-0.3, -0.25) is 4.79 Å². The van der Waals surface area contributed by atoms with Crippen LogP contribution in [0.1, 0.15) is 12.5 Å². The summed E-state index contributed by atoms with van der Waals surface area (Å²) in [6.07, 6.45) is -4.55. The van der Waals surface area contributed by atoms with E-state index in [2.05, 4.69) is 15.5 Å². The molecule has 0 atom stereocenters. The number of carbonyl (C=O) groups excluding carboxylic acids is 1. The van der Waals surface area contributed by atoms with Crippen molar-refractivity contribution in [1.29, 1.82) is 0 Å². The van der Waals surface area contributed by atoms with Gasteiger partial charge in [0.15, 0.2) is 11.0 Å². The normalized spacial score (nSPS) is 11.4. The number of amides is 1. The minimum atomic E-state index is -4.55. The van der Waals surface area contributed by atoms with Crippen LogP contribution in [0.3, 0.4) is 0 Å². The number of benzene rings is 2. The molecule has 0 aliphatic heterocycles. The molecular formula is C20H19F3N4O2S. The van der Waals surface area contributed by atoms with Gasteiger partial charge < -0.3 is 14.6 Å². The van der Waals surface area contributed by atoms with Crippen molar-refractivity contribution >= 4 is 23.4 Å². The minimum Gasteiger partial charge on any atom is -0.497 e. The van der Waals surface area contributed by atoms with Crippen molar-refractivity contribution in [2.24, 2.45) is 0 Å². The summed E-state index contributed by atoms with van der Waals surface area (Å²) in [6, 6.07) is 12.2. The maximum Gasteiger partial charge on any atom is 0.418 e. The number of alkyl halides is 3. The third-order valence-corrected chi connectivity index (χ3v) is 5.19. The fraction of sp³-hybridized carbons (Fsp3) is 0.250. The van der Waals surface area contributed by atoms with Gasteiger partial charge in [0.25, 0.3) is 0 Å². The van der Waals surface area contributed by atoms with E-state index in [1.165, 1.54) is 18.2 Å². The Balaban J connectivity index is 1.71. The Labute approximate surface area is 175 Å². The Hall–Kier alpha value is -3.01. The van der Waals surface area contributed by atoms with Gasteiger partial charge in [0.1, 0.15) is 5.75 Å². The van der Waals surface area contributed by atoms with Crippen LogP contribution in [-0.2, 0) is 17.5 Å². The second kappa shape index (κ2) is 9.21. The number of thioether (sulfide) groups is 1. The molecule has 1 N–H and O–H groups in total. The summed E-state index contributed by atoms with van der Waals surface area (Å²) in [4.78, 5) is 12.2. The van der Waals surface area contributed by atoms with Crippen molar-refractivity contribution in [3.63, 3.8) is 0 Å². The van der Waals surface area contributed by atoms with Gasteiger partial charge in [-0.15, -0.1) is 10.2 Å². The summed E-state index contributed by atoms with van der Waals surface area (Å²) >= 11 is 1.11. The number of nitrogens with one attached hydrogen (secondary N) is 1. The standard InChI is InChI=1S/C20H19F3N4O2S/c1-3-27-18(13-8-10-14(29-2)11-9-13)25-26-19(27)30-12-17(28)24-16-7-5-4-6-15(16)20(21,22)23/h4-11H,3,12H2,1-2H3,(H,24,28). The Morgan fingerprint density at radius 3 is 2.47 bits per heavy atom. The molecule has 0 fully saturated rings. The van der Waals surface area contributed by atoms with Gasteiger partial charge >= 0.3 is 6.18 Å². The summed E-state index contributed by atoms with van der Waals surface area (Å²) < 4.78 is 46.2. The number of halogens is 3. The van der Waals surface area contributed by atoms with Crippen molar-refractivity contribution in [2.75, 3.05) is 18.2 Å². The molecule has 1 aromatic heterocycles. The lowest BCUT2D eigenvalue weighted by molar-refractivity contribution is -0.137. The first-order valence-electron chi connectivity index (χ1n) is 9.00. The Kier molecular flexibility index (Phi) is 6.66. The molecule has 2 aromatic carbocycles. The van der Waals surface area contributed by atoms with E-state index in [-0.39, 0.29) is 11.4 Å². The predicted molar refractivity (Wildman–Crippen MR) is 108 cm³/mol. The van der Waals surface area contributed by atoms with Crippen LogP contribution < -0.4 is 10.1 Å². The third-order valence-electron chi connectivity index (χ3n) is 4.22. The van der Waals surface area contributed by atoms with E-state index in [1.54, 1.807) is 7.11 Å². The van der Waals surface area contributed by atoms with Gasteiger partial charge in [0.2, 0.25) is 5.91 Å². The van der Waals surface area contributed by atoms with E-state index in [4.69, 9.17) is 4.74 Å². The lowest BCUT2D eigenvalue weighted by Crippen LogP contribution is -2.18.